The Balaban J connectivity index is 3.05. The fourth-order valence-electron chi connectivity index (χ4n) is 1.81. The monoisotopic (exact) mass is 212 g/mol. The Labute approximate surface area is 90.7 Å². The molecule has 1 aromatic heterocycles. The topological polar surface area (TPSA) is 25.8 Å². The van der Waals surface area contributed by atoms with Crippen molar-refractivity contribution in [2.45, 2.75) is 39.0 Å². The van der Waals surface area contributed by atoms with Gasteiger partial charge in [-0.25, -0.2) is 0 Å². The molecule has 2 nitrogen and oxygen atoms in total. The van der Waals surface area contributed by atoms with E-state index in [4.69, 9.17) is 11.6 Å². The van der Waals surface area contributed by atoms with Gasteiger partial charge in [-0.3, -0.25) is 9.97 Å². The van der Waals surface area contributed by atoms with Gasteiger partial charge in [0.15, 0.2) is 0 Å². The highest BCUT2D eigenvalue weighted by Gasteiger charge is 2.24. The number of nitrogens with zero attached hydrogens (tertiary/aromatic N) is 2. The molecule has 3 heteroatoms. The average molecular weight is 213 g/mol. The molecule has 0 saturated carbocycles. The van der Waals surface area contributed by atoms with Crippen LogP contribution in [0.1, 0.15) is 38.1 Å². The molecule has 78 valence electrons. The maximum atomic E-state index is 6.18. The zero-order valence-corrected chi connectivity index (χ0v) is 9.92. The van der Waals surface area contributed by atoms with E-state index >= 15 is 0 Å². The number of aromatic nitrogens is 2. The van der Waals surface area contributed by atoms with Crippen molar-refractivity contribution in [2.24, 2.45) is 5.92 Å². The standard InChI is InChI=1S/C11H17ClN2/c1-7(2)10(8(3)12)11-9(4)13-5-6-14-11/h5-8,10H,1-4H3. The first-order valence-corrected chi connectivity index (χ1v) is 5.39. The van der Waals surface area contributed by atoms with Crippen LogP contribution in [0.2, 0.25) is 0 Å². The van der Waals surface area contributed by atoms with E-state index in [1.165, 1.54) is 0 Å². The SMILES string of the molecule is Cc1nccnc1C(C(C)C)C(C)Cl. The van der Waals surface area contributed by atoms with Crippen LogP contribution in [0.3, 0.4) is 0 Å². The molecule has 2 atom stereocenters. The van der Waals surface area contributed by atoms with Crippen molar-refractivity contribution in [1.29, 1.82) is 0 Å². The van der Waals surface area contributed by atoms with Crippen molar-refractivity contribution in [3.8, 4) is 0 Å². The van der Waals surface area contributed by atoms with Crippen molar-refractivity contribution in [1.82, 2.24) is 9.97 Å². The minimum atomic E-state index is 0.0883. The molecule has 14 heavy (non-hydrogen) atoms. The number of hydrogen-bond donors (Lipinski definition) is 0. The molecule has 0 N–H and O–H groups in total. The van der Waals surface area contributed by atoms with Crippen LogP contribution in [0.5, 0.6) is 0 Å². The van der Waals surface area contributed by atoms with Gasteiger partial charge in [0.1, 0.15) is 0 Å². The molecule has 1 aromatic rings. The summed E-state index contributed by atoms with van der Waals surface area (Å²) in [5.41, 5.74) is 2.02. The van der Waals surface area contributed by atoms with E-state index in [0.29, 0.717) is 5.92 Å². The first kappa shape index (κ1) is 11.4. The molecular formula is C11H17ClN2. The Bertz CT molecular complexity index is 289. The largest absolute Gasteiger partial charge is 0.258 e. The Hall–Kier alpha value is -0.630. The number of aryl methyl sites for hydroxylation is 1. The number of alkyl halides is 1. The molecule has 0 aliphatic heterocycles. The summed E-state index contributed by atoms with van der Waals surface area (Å²) in [6.07, 6.45) is 3.45. The fraction of sp³-hybridized carbons (Fsp3) is 0.636. The van der Waals surface area contributed by atoms with Crippen molar-refractivity contribution in [3.05, 3.63) is 23.8 Å². The third-order valence-electron chi connectivity index (χ3n) is 2.45. The molecule has 0 aliphatic rings. The normalized spacial score (nSPS) is 15.6. The summed E-state index contributed by atoms with van der Waals surface area (Å²) in [5.74, 6) is 0.767. The van der Waals surface area contributed by atoms with E-state index in [1.54, 1.807) is 12.4 Å². The lowest BCUT2D eigenvalue weighted by Crippen LogP contribution is -2.18. The summed E-state index contributed by atoms with van der Waals surface area (Å²) >= 11 is 6.18. The summed E-state index contributed by atoms with van der Waals surface area (Å²) in [6, 6.07) is 0. The van der Waals surface area contributed by atoms with Gasteiger partial charge < -0.3 is 0 Å². The third-order valence-corrected chi connectivity index (χ3v) is 2.72. The Morgan fingerprint density at radius 1 is 1.14 bits per heavy atom. The molecule has 0 radical (unpaired) electrons. The lowest BCUT2D eigenvalue weighted by molar-refractivity contribution is 0.476. The summed E-state index contributed by atoms with van der Waals surface area (Å²) < 4.78 is 0. The molecule has 0 fully saturated rings. The molecule has 0 aromatic carbocycles. The molecule has 1 rings (SSSR count). The highest BCUT2D eigenvalue weighted by molar-refractivity contribution is 6.20. The van der Waals surface area contributed by atoms with Crippen molar-refractivity contribution in [3.63, 3.8) is 0 Å². The summed E-state index contributed by atoms with van der Waals surface area (Å²) in [6.45, 7) is 8.33. The van der Waals surface area contributed by atoms with Gasteiger partial charge in [-0.15, -0.1) is 11.6 Å². The van der Waals surface area contributed by atoms with Gasteiger partial charge in [0.2, 0.25) is 0 Å². The number of hydrogen-bond acceptors (Lipinski definition) is 2. The van der Waals surface area contributed by atoms with Gasteiger partial charge in [-0.05, 0) is 19.8 Å². The predicted octanol–water partition coefficient (Wildman–Crippen LogP) is 3.15. The van der Waals surface area contributed by atoms with Gasteiger partial charge in [0, 0.05) is 23.7 Å². The van der Waals surface area contributed by atoms with E-state index in [-0.39, 0.29) is 11.3 Å². The van der Waals surface area contributed by atoms with Gasteiger partial charge in [0.05, 0.1) is 11.4 Å². The summed E-state index contributed by atoms with van der Waals surface area (Å²) in [7, 11) is 0. The van der Waals surface area contributed by atoms with E-state index in [1.807, 2.05) is 13.8 Å². The average Bonchev–Trinajstić information content (AvgIpc) is 2.07. The van der Waals surface area contributed by atoms with Crippen LogP contribution in [-0.2, 0) is 0 Å². The van der Waals surface area contributed by atoms with Crippen LogP contribution in [0.4, 0.5) is 0 Å². The van der Waals surface area contributed by atoms with Crippen LogP contribution in [0, 0.1) is 12.8 Å². The van der Waals surface area contributed by atoms with Crippen LogP contribution < -0.4 is 0 Å². The van der Waals surface area contributed by atoms with Gasteiger partial charge >= 0.3 is 0 Å². The zero-order valence-electron chi connectivity index (χ0n) is 9.16. The molecule has 0 saturated heterocycles. The van der Waals surface area contributed by atoms with Crippen molar-refractivity contribution < 1.29 is 0 Å². The summed E-state index contributed by atoms with van der Waals surface area (Å²) in [5, 5.41) is 0.0883. The lowest BCUT2D eigenvalue weighted by Gasteiger charge is -2.23. The van der Waals surface area contributed by atoms with Crippen molar-refractivity contribution in [2.75, 3.05) is 0 Å². The minimum absolute atomic E-state index is 0.0883. The second-order valence-corrected chi connectivity index (χ2v) is 4.66. The molecule has 0 spiro atoms. The van der Waals surface area contributed by atoms with Crippen molar-refractivity contribution >= 4 is 11.6 Å². The van der Waals surface area contributed by atoms with Gasteiger partial charge in [-0.1, -0.05) is 13.8 Å². The quantitative estimate of drug-likeness (QED) is 0.720. The second-order valence-electron chi connectivity index (χ2n) is 3.97. The number of rotatable bonds is 3. The van der Waals surface area contributed by atoms with Crippen LogP contribution in [0.25, 0.3) is 0 Å². The summed E-state index contributed by atoms with van der Waals surface area (Å²) in [4.78, 5) is 8.62. The lowest BCUT2D eigenvalue weighted by atomic mass is 9.88. The fourth-order valence-corrected chi connectivity index (χ4v) is 2.22. The molecular weight excluding hydrogens is 196 g/mol. The minimum Gasteiger partial charge on any atom is -0.258 e. The highest BCUT2D eigenvalue weighted by Crippen LogP contribution is 2.30. The third kappa shape index (κ3) is 2.44. The molecule has 2 unspecified atom stereocenters. The smallest absolute Gasteiger partial charge is 0.0663 e. The van der Waals surface area contributed by atoms with E-state index in [0.717, 1.165) is 11.4 Å². The Kier molecular flexibility index (Phi) is 3.87. The van der Waals surface area contributed by atoms with Crippen LogP contribution >= 0.6 is 11.6 Å². The zero-order chi connectivity index (χ0) is 10.7. The first-order chi connectivity index (χ1) is 6.54. The van der Waals surface area contributed by atoms with E-state index in [9.17, 15) is 0 Å². The van der Waals surface area contributed by atoms with E-state index < -0.39 is 0 Å². The second kappa shape index (κ2) is 4.74. The predicted molar refractivity (Wildman–Crippen MR) is 59.7 cm³/mol. The Morgan fingerprint density at radius 3 is 2.14 bits per heavy atom. The van der Waals surface area contributed by atoms with Crippen LogP contribution in [-0.4, -0.2) is 15.3 Å². The molecule has 0 bridgehead atoms. The van der Waals surface area contributed by atoms with Crippen LogP contribution in [0.15, 0.2) is 12.4 Å². The highest BCUT2D eigenvalue weighted by atomic mass is 35.5. The van der Waals surface area contributed by atoms with Gasteiger partial charge in [0.25, 0.3) is 0 Å². The first-order valence-electron chi connectivity index (χ1n) is 4.95. The molecule has 1 heterocycles. The molecule has 0 amide bonds. The number of halogens is 1. The molecule has 0 aliphatic carbocycles. The van der Waals surface area contributed by atoms with E-state index in [2.05, 4.69) is 23.8 Å². The maximum absolute atomic E-state index is 6.18. The van der Waals surface area contributed by atoms with Gasteiger partial charge in [-0.2, -0.15) is 0 Å². The Morgan fingerprint density at radius 2 is 1.71 bits per heavy atom. The maximum Gasteiger partial charge on any atom is 0.0663 e.